The first kappa shape index (κ1) is 20.4. The van der Waals surface area contributed by atoms with Crippen molar-refractivity contribution in [3.8, 4) is 0 Å². The zero-order valence-corrected chi connectivity index (χ0v) is 16.2. The van der Waals surface area contributed by atoms with E-state index in [9.17, 15) is 15.0 Å². The molecule has 3 rings (SSSR count). The minimum absolute atomic E-state index is 0.235. The molecule has 0 aliphatic carbocycles. The lowest BCUT2D eigenvalue weighted by Gasteiger charge is -2.38. The molecule has 0 saturated carbocycles. The van der Waals surface area contributed by atoms with Crippen molar-refractivity contribution in [1.82, 2.24) is 10.2 Å². The van der Waals surface area contributed by atoms with Crippen molar-refractivity contribution in [3.63, 3.8) is 0 Å². The van der Waals surface area contributed by atoms with Crippen molar-refractivity contribution < 1.29 is 19.7 Å². The summed E-state index contributed by atoms with van der Waals surface area (Å²) >= 11 is 5.92. The Morgan fingerprint density at radius 2 is 2.07 bits per heavy atom. The van der Waals surface area contributed by atoms with Crippen molar-refractivity contribution in [3.05, 3.63) is 29.3 Å². The highest BCUT2D eigenvalue weighted by Gasteiger charge is 2.46. The number of nitrogens with zero attached hydrogens (tertiary/aromatic N) is 1. The van der Waals surface area contributed by atoms with Gasteiger partial charge in [0.2, 0.25) is 0 Å². The first-order chi connectivity index (χ1) is 13.0. The van der Waals surface area contributed by atoms with Crippen LogP contribution in [0.2, 0.25) is 5.02 Å². The molecular formula is C19H28ClN3O4. The van der Waals surface area contributed by atoms with E-state index in [0.717, 1.165) is 25.9 Å². The number of ether oxygens (including phenoxy) is 1. The van der Waals surface area contributed by atoms with Crippen molar-refractivity contribution >= 4 is 23.3 Å². The Balaban J connectivity index is 1.58. The number of aliphatic hydroxyl groups is 2. The first-order valence-corrected chi connectivity index (χ1v) is 9.84. The summed E-state index contributed by atoms with van der Waals surface area (Å²) in [6, 6.07) is 6.30. The molecule has 2 fully saturated rings. The SMILES string of the molecule is CC1CCN(C2C(CNC(=O)Nc3cccc(Cl)c3)OC(CO)C2O)CC1. The third-order valence-corrected chi connectivity index (χ3v) is 5.66. The van der Waals surface area contributed by atoms with Crippen LogP contribution < -0.4 is 10.6 Å². The maximum Gasteiger partial charge on any atom is 0.319 e. The molecular weight excluding hydrogens is 370 g/mol. The number of benzene rings is 1. The molecule has 2 aliphatic rings. The number of piperidine rings is 1. The van der Waals surface area contributed by atoms with E-state index in [1.54, 1.807) is 24.3 Å². The molecule has 0 spiro atoms. The smallest absolute Gasteiger partial charge is 0.319 e. The van der Waals surface area contributed by atoms with Crippen molar-refractivity contribution in [1.29, 1.82) is 0 Å². The average molecular weight is 398 g/mol. The molecule has 2 heterocycles. The lowest BCUT2D eigenvalue weighted by Crippen LogP contribution is -2.53. The van der Waals surface area contributed by atoms with Crippen LogP contribution in [-0.2, 0) is 4.74 Å². The molecule has 27 heavy (non-hydrogen) atoms. The number of aliphatic hydroxyl groups excluding tert-OH is 2. The van der Waals surface area contributed by atoms with Gasteiger partial charge in [0.25, 0.3) is 0 Å². The monoisotopic (exact) mass is 397 g/mol. The number of hydrogen-bond donors (Lipinski definition) is 4. The number of carbonyl (C=O) groups excluding carboxylic acids is 1. The number of likely N-dealkylation sites (tertiary alicyclic amines) is 1. The first-order valence-electron chi connectivity index (χ1n) is 9.46. The van der Waals surface area contributed by atoms with E-state index in [1.165, 1.54) is 0 Å². The summed E-state index contributed by atoms with van der Waals surface area (Å²) in [7, 11) is 0. The van der Waals surface area contributed by atoms with Crippen LogP contribution >= 0.6 is 11.6 Å². The zero-order valence-electron chi connectivity index (χ0n) is 15.5. The average Bonchev–Trinajstić information content (AvgIpc) is 2.96. The van der Waals surface area contributed by atoms with Crippen LogP contribution in [0.1, 0.15) is 19.8 Å². The van der Waals surface area contributed by atoms with Gasteiger partial charge in [-0.25, -0.2) is 4.79 Å². The Morgan fingerprint density at radius 1 is 1.33 bits per heavy atom. The summed E-state index contributed by atoms with van der Waals surface area (Å²) in [5.74, 6) is 0.675. The van der Waals surface area contributed by atoms with Gasteiger partial charge >= 0.3 is 6.03 Å². The molecule has 4 atom stereocenters. The molecule has 150 valence electrons. The largest absolute Gasteiger partial charge is 0.394 e. The fraction of sp³-hybridized carbons (Fsp3) is 0.632. The highest BCUT2D eigenvalue weighted by atomic mass is 35.5. The van der Waals surface area contributed by atoms with Gasteiger partial charge in [-0.1, -0.05) is 24.6 Å². The summed E-state index contributed by atoms with van der Waals surface area (Å²) < 4.78 is 5.83. The molecule has 8 heteroatoms. The lowest BCUT2D eigenvalue weighted by atomic mass is 9.94. The molecule has 2 aliphatic heterocycles. The number of nitrogens with one attached hydrogen (secondary N) is 2. The normalized spacial score (nSPS) is 29.6. The van der Waals surface area contributed by atoms with E-state index in [2.05, 4.69) is 22.5 Å². The molecule has 7 nitrogen and oxygen atoms in total. The molecule has 4 N–H and O–H groups in total. The van der Waals surface area contributed by atoms with E-state index < -0.39 is 12.2 Å². The van der Waals surface area contributed by atoms with Crippen molar-refractivity contribution in [2.45, 2.75) is 44.1 Å². The van der Waals surface area contributed by atoms with Crippen LogP contribution in [0.5, 0.6) is 0 Å². The Labute approximate surface area is 164 Å². The van der Waals surface area contributed by atoms with Crippen LogP contribution in [0.15, 0.2) is 24.3 Å². The number of urea groups is 1. The van der Waals surface area contributed by atoms with Crippen LogP contribution in [0.4, 0.5) is 10.5 Å². The molecule has 0 bridgehead atoms. The molecule has 0 radical (unpaired) electrons. The van der Waals surface area contributed by atoms with Crippen molar-refractivity contribution in [2.75, 3.05) is 31.6 Å². The van der Waals surface area contributed by atoms with Crippen LogP contribution in [-0.4, -0.2) is 71.7 Å². The fourth-order valence-corrected chi connectivity index (χ4v) is 4.05. The third kappa shape index (κ3) is 5.12. The quantitative estimate of drug-likeness (QED) is 0.606. The molecule has 4 unspecified atom stereocenters. The predicted molar refractivity (Wildman–Crippen MR) is 104 cm³/mol. The van der Waals surface area contributed by atoms with Gasteiger partial charge in [0.1, 0.15) is 12.2 Å². The topological polar surface area (TPSA) is 94.1 Å². The Morgan fingerprint density at radius 3 is 2.74 bits per heavy atom. The number of anilines is 1. The third-order valence-electron chi connectivity index (χ3n) is 5.43. The van der Waals surface area contributed by atoms with Gasteiger partial charge in [0.05, 0.1) is 18.8 Å². The van der Waals surface area contributed by atoms with Crippen LogP contribution in [0.25, 0.3) is 0 Å². The molecule has 2 amide bonds. The number of amides is 2. The van der Waals surface area contributed by atoms with Gasteiger partial charge < -0.3 is 25.6 Å². The second-order valence-electron chi connectivity index (χ2n) is 7.44. The lowest BCUT2D eigenvalue weighted by molar-refractivity contribution is -0.0205. The van der Waals surface area contributed by atoms with Crippen LogP contribution in [0.3, 0.4) is 0 Å². The summed E-state index contributed by atoms with van der Waals surface area (Å²) in [4.78, 5) is 14.4. The summed E-state index contributed by atoms with van der Waals surface area (Å²) in [5.41, 5.74) is 0.599. The molecule has 0 aromatic heterocycles. The second-order valence-corrected chi connectivity index (χ2v) is 7.88. The number of halogens is 1. The summed E-state index contributed by atoms with van der Waals surface area (Å²) in [6.45, 7) is 4.00. The van der Waals surface area contributed by atoms with E-state index in [1.807, 2.05) is 0 Å². The van der Waals surface area contributed by atoms with Crippen molar-refractivity contribution in [2.24, 2.45) is 5.92 Å². The number of rotatable bonds is 5. The molecule has 1 aromatic rings. The molecule has 1 aromatic carbocycles. The highest BCUT2D eigenvalue weighted by molar-refractivity contribution is 6.30. The zero-order chi connectivity index (χ0) is 19.4. The Bertz CT molecular complexity index is 639. The van der Waals surface area contributed by atoms with E-state index in [4.69, 9.17) is 16.3 Å². The van der Waals surface area contributed by atoms with Gasteiger partial charge in [0.15, 0.2) is 0 Å². The summed E-state index contributed by atoms with van der Waals surface area (Å²) in [6.07, 6.45) is 0.365. The number of hydrogen-bond acceptors (Lipinski definition) is 5. The Hall–Kier alpha value is -1.38. The van der Waals surface area contributed by atoms with Gasteiger partial charge in [-0.15, -0.1) is 0 Å². The maximum absolute atomic E-state index is 12.2. The highest BCUT2D eigenvalue weighted by Crippen LogP contribution is 2.29. The van der Waals surface area contributed by atoms with E-state index in [-0.39, 0.29) is 31.3 Å². The second kappa shape index (κ2) is 9.21. The summed E-state index contributed by atoms with van der Waals surface area (Å²) in [5, 5.41) is 26.2. The number of carbonyl (C=O) groups is 1. The minimum atomic E-state index is -0.772. The van der Waals surface area contributed by atoms with E-state index in [0.29, 0.717) is 16.6 Å². The van der Waals surface area contributed by atoms with Gasteiger partial charge in [-0.3, -0.25) is 4.90 Å². The minimum Gasteiger partial charge on any atom is -0.394 e. The van der Waals surface area contributed by atoms with Gasteiger partial charge in [-0.2, -0.15) is 0 Å². The van der Waals surface area contributed by atoms with Gasteiger partial charge in [-0.05, 0) is 50.0 Å². The molecule has 2 saturated heterocycles. The Kier molecular flexibility index (Phi) is 6.94. The van der Waals surface area contributed by atoms with Gasteiger partial charge in [0, 0.05) is 17.3 Å². The van der Waals surface area contributed by atoms with E-state index >= 15 is 0 Å². The predicted octanol–water partition coefficient (Wildman–Crippen LogP) is 1.68. The van der Waals surface area contributed by atoms with Crippen LogP contribution in [0, 0.1) is 5.92 Å². The maximum atomic E-state index is 12.2. The fourth-order valence-electron chi connectivity index (χ4n) is 3.86. The standard InChI is InChI=1S/C19H28ClN3O4/c1-12-5-7-23(8-6-12)17-15(27-16(11-24)18(17)25)10-21-19(26)22-14-4-2-3-13(20)9-14/h2-4,9,12,15-18,24-25H,5-8,10-11H2,1H3,(H2,21,22,26).